The lowest BCUT2D eigenvalue weighted by Gasteiger charge is -2.10. The monoisotopic (exact) mass is 198 g/mol. The molecular weight excluding hydrogens is 184 g/mol. The highest BCUT2D eigenvalue weighted by molar-refractivity contribution is 5.84. The van der Waals surface area contributed by atoms with E-state index in [1.165, 1.54) is 0 Å². The molecule has 0 spiro atoms. The van der Waals surface area contributed by atoms with Crippen molar-refractivity contribution in [2.75, 3.05) is 0 Å². The van der Waals surface area contributed by atoms with E-state index in [-0.39, 0.29) is 11.9 Å². The average molecular weight is 198 g/mol. The number of rotatable bonds is 4. The minimum atomic E-state index is -0.198. The van der Waals surface area contributed by atoms with E-state index in [1.807, 2.05) is 7.05 Å². The first-order chi connectivity index (χ1) is 6.65. The van der Waals surface area contributed by atoms with Crippen molar-refractivity contribution < 1.29 is 5.21 Å². The predicted octanol–water partition coefficient (Wildman–Crippen LogP) is -0.960. The van der Waals surface area contributed by atoms with Gasteiger partial charge in [0.25, 0.3) is 0 Å². The van der Waals surface area contributed by atoms with Crippen molar-refractivity contribution in [2.24, 2.45) is 17.9 Å². The van der Waals surface area contributed by atoms with Gasteiger partial charge in [-0.15, -0.1) is 10.2 Å². The molecule has 0 aliphatic carbocycles. The molecule has 1 atom stereocenters. The summed E-state index contributed by atoms with van der Waals surface area (Å²) in [6.45, 7) is 2.32. The fourth-order valence-electron chi connectivity index (χ4n) is 0.903. The molecule has 0 radical (unpaired) electrons. The summed E-state index contributed by atoms with van der Waals surface area (Å²) in [6, 6.07) is -0.198. The molecule has 7 heteroatoms. The van der Waals surface area contributed by atoms with Crippen LogP contribution in [-0.2, 0) is 13.6 Å². The van der Waals surface area contributed by atoms with E-state index < -0.39 is 0 Å². The van der Waals surface area contributed by atoms with Gasteiger partial charge in [-0.25, -0.2) is 0 Å². The second-order valence-corrected chi connectivity index (χ2v) is 2.99. The number of hydrogen-bond acceptors (Lipinski definition) is 5. The van der Waals surface area contributed by atoms with E-state index in [2.05, 4.69) is 20.7 Å². The van der Waals surface area contributed by atoms with Crippen LogP contribution in [-0.4, -0.2) is 31.8 Å². The van der Waals surface area contributed by atoms with Gasteiger partial charge in [0, 0.05) is 7.05 Å². The zero-order valence-electron chi connectivity index (χ0n) is 8.18. The first-order valence-electron chi connectivity index (χ1n) is 4.18. The maximum Gasteiger partial charge on any atom is 0.156 e. The molecule has 1 unspecified atom stereocenters. The maximum atomic E-state index is 8.41. The molecular formula is C7H14N6O. The Morgan fingerprint density at radius 2 is 2.57 bits per heavy atom. The average Bonchev–Trinajstić information content (AvgIpc) is 2.59. The Morgan fingerprint density at radius 3 is 3.07 bits per heavy atom. The highest BCUT2D eigenvalue weighted by Crippen LogP contribution is 1.91. The molecule has 0 fully saturated rings. The van der Waals surface area contributed by atoms with Gasteiger partial charge in [-0.3, -0.25) is 0 Å². The molecule has 0 aliphatic heterocycles. The summed E-state index contributed by atoms with van der Waals surface area (Å²) in [5, 5.41) is 22.0. The van der Waals surface area contributed by atoms with Crippen molar-refractivity contribution >= 4 is 5.84 Å². The van der Waals surface area contributed by atoms with Gasteiger partial charge in [0.05, 0.1) is 12.6 Å². The lowest BCUT2D eigenvalue weighted by molar-refractivity contribution is 0.315. The molecule has 0 amide bonds. The number of amidine groups is 1. The van der Waals surface area contributed by atoms with Crippen LogP contribution in [0.2, 0.25) is 0 Å². The fraction of sp³-hybridized carbons (Fsp3) is 0.571. The van der Waals surface area contributed by atoms with Crippen molar-refractivity contribution in [1.82, 2.24) is 20.1 Å². The Hall–Kier alpha value is -1.63. The molecule has 1 aromatic heterocycles. The van der Waals surface area contributed by atoms with Crippen molar-refractivity contribution in [3.05, 3.63) is 12.2 Å². The predicted molar refractivity (Wildman–Crippen MR) is 50.7 cm³/mol. The normalized spacial score (nSPS) is 14.3. The summed E-state index contributed by atoms with van der Waals surface area (Å²) in [7, 11) is 1.85. The summed E-state index contributed by atoms with van der Waals surface area (Å²) >= 11 is 0. The van der Waals surface area contributed by atoms with Crippen molar-refractivity contribution in [2.45, 2.75) is 19.5 Å². The van der Waals surface area contributed by atoms with Gasteiger partial charge in [0.2, 0.25) is 0 Å². The Labute approximate surface area is 81.6 Å². The van der Waals surface area contributed by atoms with E-state index in [9.17, 15) is 0 Å². The number of nitrogens with zero attached hydrogens (tertiary/aromatic N) is 4. The highest BCUT2D eigenvalue weighted by Gasteiger charge is 2.08. The minimum Gasteiger partial charge on any atom is -0.409 e. The molecule has 0 aromatic carbocycles. The van der Waals surface area contributed by atoms with Crippen LogP contribution < -0.4 is 11.1 Å². The number of hydrogen-bond donors (Lipinski definition) is 3. The van der Waals surface area contributed by atoms with Crippen LogP contribution >= 0.6 is 0 Å². The third-order valence-corrected chi connectivity index (χ3v) is 1.93. The minimum absolute atomic E-state index is 0.146. The van der Waals surface area contributed by atoms with E-state index in [1.54, 1.807) is 17.8 Å². The Balaban J connectivity index is 2.45. The van der Waals surface area contributed by atoms with Gasteiger partial charge in [-0.2, -0.15) is 0 Å². The summed E-state index contributed by atoms with van der Waals surface area (Å²) in [6.07, 6.45) is 1.62. The Bertz CT molecular complexity index is 320. The van der Waals surface area contributed by atoms with Gasteiger partial charge in [0.15, 0.2) is 5.84 Å². The first-order valence-corrected chi connectivity index (χ1v) is 4.18. The van der Waals surface area contributed by atoms with E-state index >= 15 is 0 Å². The summed E-state index contributed by atoms with van der Waals surface area (Å²) in [5.74, 6) is 0.940. The lowest BCUT2D eigenvalue weighted by atomic mass is 10.3. The molecule has 1 aromatic rings. The zero-order valence-corrected chi connectivity index (χ0v) is 8.18. The second-order valence-electron chi connectivity index (χ2n) is 2.99. The molecule has 7 nitrogen and oxygen atoms in total. The SMILES string of the molecule is CC(NCc1nncn1C)C(N)=NO. The van der Waals surface area contributed by atoms with E-state index in [0.29, 0.717) is 6.54 Å². The van der Waals surface area contributed by atoms with Gasteiger partial charge in [0.1, 0.15) is 12.2 Å². The quantitative estimate of drug-likeness (QED) is 0.250. The maximum absolute atomic E-state index is 8.41. The van der Waals surface area contributed by atoms with E-state index in [4.69, 9.17) is 10.9 Å². The molecule has 0 saturated carbocycles. The zero-order chi connectivity index (χ0) is 10.6. The Morgan fingerprint density at radius 1 is 1.86 bits per heavy atom. The van der Waals surface area contributed by atoms with Crippen molar-refractivity contribution in [3.8, 4) is 0 Å². The third kappa shape index (κ3) is 2.43. The highest BCUT2D eigenvalue weighted by atomic mass is 16.4. The van der Waals surface area contributed by atoms with Crippen LogP contribution in [0.3, 0.4) is 0 Å². The standard InChI is InChI=1S/C7H14N6O/c1-5(7(8)12-14)9-3-6-11-10-4-13(6)2/h4-5,9,14H,3H2,1-2H3,(H2,8,12). The van der Waals surface area contributed by atoms with Gasteiger partial charge < -0.3 is 20.8 Å². The second kappa shape index (κ2) is 4.56. The number of nitrogens with one attached hydrogen (secondary N) is 1. The molecule has 0 bridgehead atoms. The molecule has 1 rings (SSSR count). The van der Waals surface area contributed by atoms with E-state index in [0.717, 1.165) is 5.82 Å². The van der Waals surface area contributed by atoms with Crippen molar-refractivity contribution in [1.29, 1.82) is 0 Å². The Kier molecular flexibility index (Phi) is 3.41. The number of oxime groups is 1. The van der Waals surface area contributed by atoms with Crippen LogP contribution in [0.4, 0.5) is 0 Å². The third-order valence-electron chi connectivity index (χ3n) is 1.93. The van der Waals surface area contributed by atoms with Crippen LogP contribution in [0.1, 0.15) is 12.7 Å². The van der Waals surface area contributed by atoms with Crippen LogP contribution in [0.5, 0.6) is 0 Å². The van der Waals surface area contributed by atoms with Gasteiger partial charge in [-0.1, -0.05) is 5.16 Å². The molecule has 4 N–H and O–H groups in total. The molecule has 0 aliphatic rings. The fourth-order valence-corrected chi connectivity index (χ4v) is 0.903. The summed E-state index contributed by atoms with van der Waals surface area (Å²) < 4.78 is 1.80. The molecule has 14 heavy (non-hydrogen) atoms. The lowest BCUT2D eigenvalue weighted by Crippen LogP contribution is -2.39. The molecule has 1 heterocycles. The molecule has 78 valence electrons. The first kappa shape index (κ1) is 10.5. The van der Waals surface area contributed by atoms with Crippen LogP contribution in [0.25, 0.3) is 0 Å². The number of nitrogens with two attached hydrogens (primary N) is 1. The van der Waals surface area contributed by atoms with Gasteiger partial charge in [-0.05, 0) is 6.92 Å². The largest absolute Gasteiger partial charge is 0.409 e. The number of aryl methyl sites for hydroxylation is 1. The smallest absolute Gasteiger partial charge is 0.156 e. The van der Waals surface area contributed by atoms with Gasteiger partial charge >= 0.3 is 0 Å². The summed E-state index contributed by atoms with van der Waals surface area (Å²) in [4.78, 5) is 0. The number of aromatic nitrogens is 3. The van der Waals surface area contributed by atoms with Crippen LogP contribution in [0, 0.1) is 0 Å². The van der Waals surface area contributed by atoms with Crippen molar-refractivity contribution in [3.63, 3.8) is 0 Å². The topological polar surface area (TPSA) is 101 Å². The van der Waals surface area contributed by atoms with Crippen LogP contribution in [0.15, 0.2) is 11.5 Å². The summed E-state index contributed by atoms with van der Waals surface area (Å²) in [5.41, 5.74) is 5.39. The molecule has 0 saturated heterocycles.